The van der Waals surface area contributed by atoms with Gasteiger partial charge in [0.05, 0.1) is 15.5 Å². The van der Waals surface area contributed by atoms with E-state index < -0.39 is 9.84 Å². The molecule has 0 aliphatic carbocycles. The van der Waals surface area contributed by atoms with Crippen LogP contribution in [0.3, 0.4) is 0 Å². The third kappa shape index (κ3) is 2.08. The summed E-state index contributed by atoms with van der Waals surface area (Å²) < 4.78 is 23.0. The summed E-state index contributed by atoms with van der Waals surface area (Å²) in [6, 6.07) is 4.62. The molecule has 0 heterocycles. The van der Waals surface area contributed by atoms with Crippen LogP contribution in [0.1, 0.15) is 5.56 Å². The van der Waals surface area contributed by atoms with Crippen molar-refractivity contribution >= 4 is 37.4 Å². The van der Waals surface area contributed by atoms with Crippen molar-refractivity contribution < 1.29 is 8.42 Å². The molecule has 0 radical (unpaired) electrons. The van der Waals surface area contributed by atoms with Crippen molar-refractivity contribution in [2.75, 3.05) is 6.26 Å². The van der Waals surface area contributed by atoms with Crippen molar-refractivity contribution in [3.63, 3.8) is 0 Å². The van der Waals surface area contributed by atoms with Crippen molar-refractivity contribution in [1.29, 1.82) is 5.26 Å². The van der Waals surface area contributed by atoms with Gasteiger partial charge in [-0.1, -0.05) is 11.6 Å². The van der Waals surface area contributed by atoms with Gasteiger partial charge in [-0.15, -0.1) is 0 Å². The van der Waals surface area contributed by atoms with Crippen LogP contribution < -0.4 is 0 Å². The number of halogens is 2. The molecule has 0 amide bonds. The molecule has 0 fully saturated rings. The summed E-state index contributed by atoms with van der Waals surface area (Å²) in [5.41, 5.74) is -0.0245. The average molecular weight is 295 g/mol. The third-order valence-electron chi connectivity index (χ3n) is 1.57. The maximum absolute atomic E-state index is 11.3. The van der Waals surface area contributed by atoms with Gasteiger partial charge >= 0.3 is 0 Å². The molecule has 1 aromatic carbocycles. The lowest BCUT2D eigenvalue weighted by Crippen LogP contribution is -2.01. The van der Waals surface area contributed by atoms with E-state index in [9.17, 15) is 8.42 Å². The minimum absolute atomic E-state index is 0.0245. The number of benzene rings is 1. The van der Waals surface area contributed by atoms with Gasteiger partial charge in [0.15, 0.2) is 9.84 Å². The Bertz CT molecular complexity index is 519. The summed E-state index contributed by atoms with van der Waals surface area (Å²) in [7, 11) is -3.41. The van der Waals surface area contributed by atoms with Crippen molar-refractivity contribution in [2.45, 2.75) is 4.90 Å². The molecule has 0 saturated carbocycles. The molecule has 0 aliphatic heterocycles. The summed E-state index contributed by atoms with van der Waals surface area (Å²) >= 11 is 8.88. The molecule has 0 aromatic heterocycles. The minimum atomic E-state index is -3.41. The fourth-order valence-electron chi connectivity index (χ4n) is 0.946. The molecule has 0 saturated heterocycles. The van der Waals surface area contributed by atoms with Crippen molar-refractivity contribution in [2.24, 2.45) is 0 Å². The van der Waals surface area contributed by atoms with Gasteiger partial charge in [0.2, 0.25) is 0 Å². The Hall–Kier alpha value is -0.570. The number of nitriles is 1. The van der Waals surface area contributed by atoms with E-state index in [1.54, 1.807) is 6.07 Å². The molecule has 0 atom stereocenters. The van der Waals surface area contributed by atoms with Crippen molar-refractivity contribution in [3.05, 3.63) is 27.2 Å². The zero-order valence-corrected chi connectivity index (χ0v) is 10.2. The number of hydrogen-bond donors (Lipinski definition) is 0. The zero-order chi connectivity index (χ0) is 10.9. The van der Waals surface area contributed by atoms with Crippen LogP contribution in [0.2, 0.25) is 5.02 Å². The van der Waals surface area contributed by atoms with Gasteiger partial charge in [-0.05, 0) is 28.1 Å². The Balaban J connectivity index is 3.66. The van der Waals surface area contributed by atoms with Crippen molar-refractivity contribution in [1.82, 2.24) is 0 Å². The summed E-state index contributed by atoms with van der Waals surface area (Å²) in [5.74, 6) is 0. The molecule has 1 rings (SSSR count). The number of hydrogen-bond acceptors (Lipinski definition) is 3. The molecule has 0 N–H and O–H groups in total. The number of nitrogens with zero attached hydrogens (tertiary/aromatic N) is 1. The van der Waals surface area contributed by atoms with E-state index in [0.717, 1.165) is 6.26 Å². The predicted octanol–water partition coefficient (Wildman–Crippen LogP) is 2.38. The average Bonchev–Trinajstić information content (AvgIpc) is 2.07. The topological polar surface area (TPSA) is 57.9 Å². The minimum Gasteiger partial charge on any atom is -0.224 e. The molecule has 1 aromatic rings. The molecule has 14 heavy (non-hydrogen) atoms. The van der Waals surface area contributed by atoms with Crippen LogP contribution in [-0.2, 0) is 9.84 Å². The molecule has 6 heteroatoms. The summed E-state index contributed by atoms with van der Waals surface area (Å²) in [5, 5.41) is 8.89. The highest BCUT2D eigenvalue weighted by molar-refractivity contribution is 9.10. The van der Waals surface area contributed by atoms with Crippen LogP contribution in [-0.4, -0.2) is 14.7 Å². The van der Waals surface area contributed by atoms with Gasteiger partial charge in [0.1, 0.15) is 6.07 Å². The summed E-state index contributed by atoms with van der Waals surface area (Å²) in [6.45, 7) is 0. The van der Waals surface area contributed by atoms with Gasteiger partial charge in [0.25, 0.3) is 0 Å². The van der Waals surface area contributed by atoms with Crippen LogP contribution in [0.5, 0.6) is 0 Å². The second-order valence-corrected chi connectivity index (χ2v) is 5.83. The first-order chi connectivity index (χ1) is 6.38. The van der Waals surface area contributed by atoms with E-state index in [0.29, 0.717) is 4.47 Å². The van der Waals surface area contributed by atoms with Gasteiger partial charge in [-0.2, -0.15) is 5.26 Å². The fraction of sp³-hybridized carbons (Fsp3) is 0.125. The Morgan fingerprint density at radius 1 is 1.50 bits per heavy atom. The first-order valence-corrected chi connectivity index (χ1v) is 6.52. The van der Waals surface area contributed by atoms with Crippen LogP contribution >= 0.6 is 27.5 Å². The van der Waals surface area contributed by atoms with Gasteiger partial charge in [-0.25, -0.2) is 8.42 Å². The zero-order valence-electron chi connectivity index (χ0n) is 7.08. The van der Waals surface area contributed by atoms with Crippen LogP contribution in [0.4, 0.5) is 0 Å². The molecule has 3 nitrogen and oxygen atoms in total. The second kappa shape index (κ2) is 3.89. The van der Waals surface area contributed by atoms with Crippen LogP contribution in [0.25, 0.3) is 0 Å². The molecule has 0 bridgehead atoms. The van der Waals surface area contributed by atoms with Crippen LogP contribution in [0, 0.1) is 11.3 Å². The van der Waals surface area contributed by atoms with E-state index >= 15 is 0 Å². The Morgan fingerprint density at radius 3 is 2.50 bits per heavy atom. The summed E-state index contributed by atoms with van der Waals surface area (Å²) in [6.07, 6.45) is 1.04. The Morgan fingerprint density at radius 2 is 2.07 bits per heavy atom. The standard InChI is InChI=1S/C8H5BrClNO2S/c1-14(12,13)7-3-2-6(9)8(10)5(7)4-11/h2-3H,1H3. The Kier molecular flexibility index (Phi) is 3.20. The van der Waals surface area contributed by atoms with E-state index in [2.05, 4.69) is 15.9 Å². The predicted molar refractivity (Wildman–Crippen MR) is 57.0 cm³/mol. The quantitative estimate of drug-likeness (QED) is 0.799. The molecule has 0 aliphatic rings. The maximum Gasteiger partial charge on any atom is 0.176 e. The van der Waals surface area contributed by atoms with Gasteiger partial charge in [-0.3, -0.25) is 0 Å². The molecule has 0 unspecified atom stereocenters. The molecular weight excluding hydrogens is 290 g/mol. The first kappa shape index (κ1) is 11.5. The highest BCUT2D eigenvalue weighted by Crippen LogP contribution is 2.30. The van der Waals surface area contributed by atoms with E-state index in [-0.39, 0.29) is 15.5 Å². The first-order valence-electron chi connectivity index (χ1n) is 3.46. The van der Waals surface area contributed by atoms with Gasteiger partial charge in [0, 0.05) is 10.7 Å². The van der Waals surface area contributed by atoms with Crippen LogP contribution in [0.15, 0.2) is 21.5 Å². The third-order valence-corrected chi connectivity index (χ3v) is 3.99. The monoisotopic (exact) mass is 293 g/mol. The fourth-order valence-corrected chi connectivity index (χ4v) is 2.37. The normalized spacial score (nSPS) is 11.0. The number of rotatable bonds is 1. The van der Waals surface area contributed by atoms with E-state index in [1.807, 2.05) is 0 Å². The highest BCUT2D eigenvalue weighted by Gasteiger charge is 2.17. The highest BCUT2D eigenvalue weighted by atomic mass is 79.9. The van der Waals surface area contributed by atoms with Gasteiger partial charge < -0.3 is 0 Å². The lowest BCUT2D eigenvalue weighted by atomic mass is 10.2. The maximum atomic E-state index is 11.3. The molecule has 74 valence electrons. The summed E-state index contributed by atoms with van der Waals surface area (Å²) in [4.78, 5) is -0.0480. The molecule has 0 spiro atoms. The largest absolute Gasteiger partial charge is 0.224 e. The Labute approximate surface area is 95.4 Å². The second-order valence-electron chi connectivity index (χ2n) is 2.62. The lowest BCUT2D eigenvalue weighted by molar-refractivity contribution is 0.601. The smallest absolute Gasteiger partial charge is 0.176 e. The number of sulfone groups is 1. The van der Waals surface area contributed by atoms with E-state index in [1.165, 1.54) is 12.1 Å². The van der Waals surface area contributed by atoms with Crippen molar-refractivity contribution in [3.8, 4) is 6.07 Å². The SMILES string of the molecule is CS(=O)(=O)c1ccc(Br)c(Cl)c1C#N. The van der Waals surface area contributed by atoms with E-state index in [4.69, 9.17) is 16.9 Å². The lowest BCUT2D eigenvalue weighted by Gasteiger charge is -2.04. The molecular formula is C8H5BrClNO2S.